The maximum atomic E-state index is 4.56. The first-order valence-electron chi connectivity index (χ1n) is 8.37. The third-order valence-electron chi connectivity index (χ3n) is 4.98. The first-order valence-corrected chi connectivity index (χ1v) is 8.37. The summed E-state index contributed by atoms with van der Waals surface area (Å²) in [7, 11) is 0. The molecule has 2 aliphatic heterocycles. The fourth-order valence-electron chi connectivity index (χ4n) is 3.92. The molecular formula is C18H25ClN4. The van der Waals surface area contributed by atoms with Crippen molar-refractivity contribution in [2.45, 2.75) is 44.8 Å². The molecule has 2 aromatic rings. The smallest absolute Gasteiger partial charge is 0.0678 e. The summed E-state index contributed by atoms with van der Waals surface area (Å²) < 4.78 is 2.10. The minimum absolute atomic E-state index is 0. The van der Waals surface area contributed by atoms with Gasteiger partial charge < -0.3 is 5.32 Å². The van der Waals surface area contributed by atoms with Crippen LogP contribution in [0.2, 0.25) is 0 Å². The normalized spacial score (nSPS) is 24.2. The number of piperazine rings is 1. The number of halogens is 1. The van der Waals surface area contributed by atoms with Crippen molar-refractivity contribution in [2.24, 2.45) is 0 Å². The van der Waals surface area contributed by atoms with Crippen LogP contribution in [-0.4, -0.2) is 39.9 Å². The molecule has 2 unspecified atom stereocenters. The number of hydrogen-bond acceptors (Lipinski definition) is 3. The molecule has 3 heterocycles. The third-order valence-corrected chi connectivity index (χ3v) is 4.98. The van der Waals surface area contributed by atoms with E-state index in [1.54, 1.807) is 0 Å². The van der Waals surface area contributed by atoms with Crippen LogP contribution in [0.5, 0.6) is 0 Å². The molecule has 23 heavy (non-hydrogen) atoms. The lowest BCUT2D eigenvalue weighted by molar-refractivity contribution is 0.118. The number of para-hydroxylation sites is 1. The maximum Gasteiger partial charge on any atom is 0.0678 e. The molecular weight excluding hydrogens is 308 g/mol. The van der Waals surface area contributed by atoms with Crippen molar-refractivity contribution < 1.29 is 0 Å². The number of aromatic nitrogens is 2. The van der Waals surface area contributed by atoms with E-state index in [1.165, 1.54) is 36.2 Å². The van der Waals surface area contributed by atoms with Crippen LogP contribution in [0.25, 0.3) is 5.69 Å². The van der Waals surface area contributed by atoms with Crippen LogP contribution in [0.4, 0.5) is 0 Å². The van der Waals surface area contributed by atoms with Gasteiger partial charge in [0, 0.05) is 37.9 Å². The summed E-state index contributed by atoms with van der Waals surface area (Å²) in [6.07, 6.45) is 5.95. The number of nitrogens with one attached hydrogen (secondary N) is 1. The highest BCUT2D eigenvalue weighted by Gasteiger charge is 2.30. The summed E-state index contributed by atoms with van der Waals surface area (Å²) in [5.74, 6) is 0. The number of likely N-dealkylation sites (tertiary alicyclic amines) is 1. The molecule has 1 aromatic carbocycles. The number of rotatable bonds is 3. The molecule has 2 saturated heterocycles. The molecule has 4 nitrogen and oxygen atoms in total. The first kappa shape index (κ1) is 16.5. The molecule has 0 aliphatic carbocycles. The van der Waals surface area contributed by atoms with E-state index in [1.807, 2.05) is 6.20 Å². The Bertz CT molecular complexity index is 642. The number of piperidine rings is 1. The van der Waals surface area contributed by atoms with Crippen LogP contribution in [0.3, 0.4) is 0 Å². The second-order valence-electron chi connectivity index (χ2n) is 6.71. The average Bonchev–Trinajstić information content (AvgIpc) is 2.95. The highest BCUT2D eigenvalue weighted by molar-refractivity contribution is 5.85. The molecule has 4 rings (SSSR count). The predicted molar refractivity (Wildman–Crippen MR) is 95.4 cm³/mol. The Morgan fingerprint density at radius 1 is 1.13 bits per heavy atom. The van der Waals surface area contributed by atoms with E-state index < -0.39 is 0 Å². The van der Waals surface area contributed by atoms with Gasteiger partial charge in [-0.1, -0.05) is 24.6 Å². The number of aryl methyl sites for hydroxylation is 1. The third kappa shape index (κ3) is 3.44. The Labute approximate surface area is 144 Å². The minimum atomic E-state index is 0. The monoisotopic (exact) mass is 332 g/mol. The molecule has 124 valence electrons. The summed E-state index contributed by atoms with van der Waals surface area (Å²) in [5.41, 5.74) is 3.75. The largest absolute Gasteiger partial charge is 0.309 e. The van der Waals surface area contributed by atoms with Gasteiger partial charge in [-0.05, 0) is 37.5 Å². The van der Waals surface area contributed by atoms with Gasteiger partial charge in [0.2, 0.25) is 0 Å². The highest BCUT2D eigenvalue weighted by atomic mass is 35.5. The minimum Gasteiger partial charge on any atom is -0.309 e. The predicted octanol–water partition coefficient (Wildman–Crippen LogP) is 2.93. The topological polar surface area (TPSA) is 33.1 Å². The van der Waals surface area contributed by atoms with Crippen molar-refractivity contribution in [2.75, 3.05) is 13.1 Å². The van der Waals surface area contributed by atoms with Crippen LogP contribution < -0.4 is 5.32 Å². The quantitative estimate of drug-likeness (QED) is 0.938. The summed E-state index contributed by atoms with van der Waals surface area (Å²) in [6.45, 7) is 5.46. The lowest BCUT2D eigenvalue weighted by Gasteiger charge is -2.42. The van der Waals surface area contributed by atoms with Gasteiger partial charge in [0.05, 0.1) is 11.4 Å². The van der Waals surface area contributed by atoms with Crippen molar-refractivity contribution in [3.63, 3.8) is 0 Å². The molecule has 0 amide bonds. The summed E-state index contributed by atoms with van der Waals surface area (Å²) in [4.78, 5) is 2.59. The van der Waals surface area contributed by atoms with Crippen LogP contribution in [0, 0.1) is 6.92 Å². The molecule has 1 aromatic heterocycles. The molecule has 1 N–H and O–H groups in total. The van der Waals surface area contributed by atoms with Crippen LogP contribution >= 0.6 is 12.4 Å². The Kier molecular flexibility index (Phi) is 5.05. The number of fused-ring (bicyclic) bond motifs is 2. The average molecular weight is 333 g/mol. The lowest BCUT2D eigenvalue weighted by Crippen LogP contribution is -2.58. The van der Waals surface area contributed by atoms with Gasteiger partial charge in [0.1, 0.15) is 0 Å². The Hall–Kier alpha value is -1.36. The van der Waals surface area contributed by atoms with Crippen molar-refractivity contribution in [3.8, 4) is 5.69 Å². The van der Waals surface area contributed by atoms with Gasteiger partial charge in [-0.2, -0.15) is 5.10 Å². The number of benzene rings is 1. The van der Waals surface area contributed by atoms with Gasteiger partial charge in [-0.15, -0.1) is 12.4 Å². The summed E-state index contributed by atoms with van der Waals surface area (Å²) >= 11 is 0. The Balaban J connectivity index is 0.00000156. The van der Waals surface area contributed by atoms with E-state index in [-0.39, 0.29) is 12.4 Å². The molecule has 5 heteroatoms. The zero-order valence-corrected chi connectivity index (χ0v) is 14.4. The van der Waals surface area contributed by atoms with Gasteiger partial charge >= 0.3 is 0 Å². The second-order valence-corrected chi connectivity index (χ2v) is 6.71. The van der Waals surface area contributed by atoms with E-state index in [2.05, 4.69) is 57.3 Å². The standard InChI is InChI=1S/C18H24N4.ClH/c1-14-5-2-3-8-18(14)22-17(9-10-19-22)13-21-11-15-6-4-7-16(12-21)20-15;/h2-3,5,8-10,15-16,20H,4,6-7,11-13H2,1H3;1H. The van der Waals surface area contributed by atoms with Crippen molar-refractivity contribution >= 4 is 12.4 Å². The van der Waals surface area contributed by atoms with E-state index >= 15 is 0 Å². The van der Waals surface area contributed by atoms with Gasteiger partial charge in [-0.25, -0.2) is 4.68 Å². The molecule has 2 fully saturated rings. The highest BCUT2D eigenvalue weighted by Crippen LogP contribution is 2.22. The van der Waals surface area contributed by atoms with Gasteiger partial charge in [0.25, 0.3) is 0 Å². The van der Waals surface area contributed by atoms with Crippen LogP contribution in [0.1, 0.15) is 30.5 Å². The first-order chi connectivity index (χ1) is 10.8. The van der Waals surface area contributed by atoms with E-state index in [0.717, 1.165) is 19.6 Å². The Morgan fingerprint density at radius 2 is 1.87 bits per heavy atom. The van der Waals surface area contributed by atoms with E-state index in [0.29, 0.717) is 12.1 Å². The zero-order valence-electron chi connectivity index (χ0n) is 13.6. The summed E-state index contributed by atoms with van der Waals surface area (Å²) in [5, 5.41) is 8.31. The SMILES string of the molecule is Cc1ccccc1-n1nccc1CN1CC2CCCC(C1)N2.Cl. The molecule has 2 aliphatic rings. The molecule has 2 bridgehead atoms. The second kappa shape index (κ2) is 7.04. The molecule has 0 radical (unpaired) electrons. The molecule has 0 saturated carbocycles. The Morgan fingerprint density at radius 3 is 2.61 bits per heavy atom. The lowest BCUT2D eigenvalue weighted by atomic mass is 9.94. The van der Waals surface area contributed by atoms with Gasteiger partial charge in [0.15, 0.2) is 0 Å². The van der Waals surface area contributed by atoms with Gasteiger partial charge in [-0.3, -0.25) is 4.90 Å². The fourth-order valence-corrected chi connectivity index (χ4v) is 3.92. The van der Waals surface area contributed by atoms with Crippen molar-refractivity contribution in [3.05, 3.63) is 47.8 Å². The van der Waals surface area contributed by atoms with Crippen LogP contribution in [-0.2, 0) is 6.54 Å². The number of hydrogen-bond donors (Lipinski definition) is 1. The number of nitrogens with zero attached hydrogens (tertiary/aromatic N) is 3. The fraction of sp³-hybridized carbons (Fsp3) is 0.500. The summed E-state index contributed by atoms with van der Waals surface area (Å²) in [6, 6.07) is 12.0. The van der Waals surface area contributed by atoms with Crippen molar-refractivity contribution in [1.29, 1.82) is 0 Å². The maximum absolute atomic E-state index is 4.56. The molecule has 2 atom stereocenters. The molecule has 0 spiro atoms. The van der Waals surface area contributed by atoms with Crippen LogP contribution in [0.15, 0.2) is 36.5 Å². The zero-order chi connectivity index (χ0) is 14.9. The van der Waals surface area contributed by atoms with E-state index in [9.17, 15) is 0 Å². The van der Waals surface area contributed by atoms with Crippen molar-refractivity contribution in [1.82, 2.24) is 20.0 Å². The van der Waals surface area contributed by atoms with E-state index in [4.69, 9.17) is 0 Å².